The maximum Gasteiger partial charge on any atom is 0.255 e. The van der Waals surface area contributed by atoms with Crippen LogP contribution in [0.3, 0.4) is 0 Å². The van der Waals surface area contributed by atoms with E-state index in [1.165, 1.54) is 7.11 Å². The number of methoxy groups -OCH3 is 2. The minimum atomic E-state index is -0.468. The second kappa shape index (κ2) is 6.61. The molecule has 1 aromatic rings. The number of hydrogen-bond acceptors (Lipinski definition) is 4. The zero-order valence-corrected chi connectivity index (χ0v) is 11.9. The predicted molar refractivity (Wildman–Crippen MR) is 75.3 cm³/mol. The van der Waals surface area contributed by atoms with Gasteiger partial charge in [0, 0.05) is 0 Å². The molecule has 2 N–H and O–H groups in total. The second-order valence-electron chi connectivity index (χ2n) is 5.00. The molecule has 0 saturated heterocycles. The molecule has 1 fully saturated rings. The van der Waals surface area contributed by atoms with Crippen LogP contribution < -0.4 is 14.8 Å². The number of carbonyl (C=O) groups is 1. The van der Waals surface area contributed by atoms with Gasteiger partial charge in [-0.3, -0.25) is 4.79 Å². The summed E-state index contributed by atoms with van der Waals surface area (Å²) in [5.41, 5.74) is 0.421. The fourth-order valence-electron chi connectivity index (χ4n) is 2.52. The molecule has 0 spiro atoms. The molecule has 2 unspecified atom stereocenters. The highest BCUT2D eigenvalue weighted by Crippen LogP contribution is 2.25. The Morgan fingerprint density at radius 3 is 2.65 bits per heavy atom. The van der Waals surface area contributed by atoms with E-state index >= 15 is 0 Å². The van der Waals surface area contributed by atoms with Gasteiger partial charge < -0.3 is 19.9 Å². The lowest BCUT2D eigenvalue weighted by Crippen LogP contribution is -2.45. The van der Waals surface area contributed by atoms with Crippen molar-refractivity contribution in [1.29, 1.82) is 0 Å². The fraction of sp³-hybridized carbons (Fsp3) is 0.533. The molecule has 0 radical (unpaired) electrons. The van der Waals surface area contributed by atoms with Crippen LogP contribution in [-0.4, -0.2) is 37.4 Å². The molecule has 2 rings (SSSR count). The number of aliphatic hydroxyl groups excluding tert-OH is 1. The Bertz CT molecular complexity index is 475. The average Bonchev–Trinajstić information content (AvgIpc) is 2.48. The molecule has 110 valence electrons. The summed E-state index contributed by atoms with van der Waals surface area (Å²) in [6.07, 6.45) is 3.11. The van der Waals surface area contributed by atoms with Crippen LogP contribution in [0.25, 0.3) is 0 Å². The van der Waals surface area contributed by atoms with Crippen LogP contribution in [0.2, 0.25) is 0 Å². The Morgan fingerprint density at radius 1 is 1.25 bits per heavy atom. The highest BCUT2D eigenvalue weighted by molar-refractivity contribution is 5.97. The molecule has 0 bridgehead atoms. The number of hydrogen-bond donors (Lipinski definition) is 2. The predicted octanol–water partition coefficient (Wildman–Crippen LogP) is 1.74. The average molecular weight is 279 g/mol. The molecule has 1 saturated carbocycles. The van der Waals surface area contributed by atoms with E-state index in [0.29, 0.717) is 17.1 Å². The van der Waals surface area contributed by atoms with Gasteiger partial charge in [-0.25, -0.2) is 0 Å². The number of aliphatic hydroxyl groups is 1. The summed E-state index contributed by atoms with van der Waals surface area (Å²) in [4.78, 5) is 12.3. The monoisotopic (exact) mass is 279 g/mol. The third kappa shape index (κ3) is 3.22. The van der Waals surface area contributed by atoms with Gasteiger partial charge >= 0.3 is 0 Å². The van der Waals surface area contributed by atoms with Gasteiger partial charge in [-0.1, -0.05) is 12.8 Å². The van der Waals surface area contributed by atoms with Crippen LogP contribution in [0.15, 0.2) is 18.2 Å². The second-order valence-corrected chi connectivity index (χ2v) is 5.00. The zero-order chi connectivity index (χ0) is 14.5. The van der Waals surface area contributed by atoms with Crippen LogP contribution in [0, 0.1) is 0 Å². The summed E-state index contributed by atoms with van der Waals surface area (Å²) < 4.78 is 10.3. The van der Waals surface area contributed by atoms with Crippen LogP contribution >= 0.6 is 0 Å². The molecular weight excluding hydrogens is 258 g/mol. The number of rotatable bonds is 4. The van der Waals surface area contributed by atoms with Crippen molar-refractivity contribution in [1.82, 2.24) is 5.32 Å². The first-order chi connectivity index (χ1) is 9.65. The van der Waals surface area contributed by atoms with Crippen LogP contribution in [-0.2, 0) is 0 Å². The molecule has 1 aromatic carbocycles. The normalized spacial score (nSPS) is 22.1. The summed E-state index contributed by atoms with van der Waals surface area (Å²) >= 11 is 0. The van der Waals surface area contributed by atoms with Crippen molar-refractivity contribution in [2.45, 2.75) is 37.8 Å². The van der Waals surface area contributed by atoms with Crippen molar-refractivity contribution >= 4 is 5.91 Å². The Hall–Kier alpha value is -1.75. The van der Waals surface area contributed by atoms with E-state index in [-0.39, 0.29) is 11.9 Å². The minimum absolute atomic E-state index is 0.188. The molecule has 0 aromatic heterocycles. The van der Waals surface area contributed by atoms with Gasteiger partial charge in [0.2, 0.25) is 0 Å². The maximum atomic E-state index is 12.3. The summed E-state index contributed by atoms with van der Waals surface area (Å²) in [6, 6.07) is 4.90. The molecule has 1 aliphatic rings. The van der Waals surface area contributed by atoms with Crippen molar-refractivity contribution in [2.75, 3.05) is 14.2 Å². The van der Waals surface area contributed by atoms with Crippen LogP contribution in [0.5, 0.6) is 11.5 Å². The lowest BCUT2D eigenvalue weighted by Gasteiger charge is -2.28. The van der Waals surface area contributed by atoms with E-state index in [2.05, 4.69) is 5.32 Å². The highest BCUT2D eigenvalue weighted by Gasteiger charge is 2.26. The standard InChI is InChI=1S/C15H21NO4/c1-19-10-7-8-14(20-2)11(9-10)15(18)16-12-5-3-4-6-13(12)17/h7-9,12-13,17H,3-6H2,1-2H3,(H,16,18). The summed E-state index contributed by atoms with van der Waals surface area (Å²) in [7, 11) is 3.07. The Labute approximate surface area is 118 Å². The fourth-order valence-corrected chi connectivity index (χ4v) is 2.52. The van der Waals surface area contributed by atoms with Crippen molar-refractivity contribution in [3.63, 3.8) is 0 Å². The molecule has 0 heterocycles. The summed E-state index contributed by atoms with van der Waals surface area (Å²) in [6.45, 7) is 0. The first kappa shape index (κ1) is 14.7. The molecule has 5 nitrogen and oxygen atoms in total. The lowest BCUT2D eigenvalue weighted by molar-refractivity contribution is 0.0715. The Balaban J connectivity index is 2.15. The van der Waals surface area contributed by atoms with E-state index < -0.39 is 6.10 Å². The molecule has 20 heavy (non-hydrogen) atoms. The first-order valence-corrected chi connectivity index (χ1v) is 6.86. The van der Waals surface area contributed by atoms with Gasteiger partial charge in [0.1, 0.15) is 11.5 Å². The number of benzene rings is 1. The minimum Gasteiger partial charge on any atom is -0.497 e. The lowest BCUT2D eigenvalue weighted by atomic mass is 9.92. The largest absolute Gasteiger partial charge is 0.497 e. The van der Waals surface area contributed by atoms with E-state index in [1.807, 2.05) is 0 Å². The molecule has 2 atom stereocenters. The van der Waals surface area contributed by atoms with Crippen LogP contribution in [0.4, 0.5) is 0 Å². The number of ether oxygens (including phenoxy) is 2. The van der Waals surface area contributed by atoms with Gasteiger partial charge in [0.25, 0.3) is 5.91 Å². The number of carbonyl (C=O) groups excluding carboxylic acids is 1. The van der Waals surface area contributed by atoms with E-state index in [1.54, 1.807) is 25.3 Å². The van der Waals surface area contributed by atoms with Crippen LogP contribution in [0.1, 0.15) is 36.0 Å². The quantitative estimate of drug-likeness (QED) is 0.881. The highest BCUT2D eigenvalue weighted by atomic mass is 16.5. The van der Waals surface area contributed by atoms with E-state index in [4.69, 9.17) is 9.47 Å². The Morgan fingerprint density at radius 2 is 2.00 bits per heavy atom. The van der Waals surface area contributed by atoms with E-state index in [0.717, 1.165) is 25.7 Å². The van der Waals surface area contributed by atoms with Gasteiger partial charge in [-0.2, -0.15) is 0 Å². The SMILES string of the molecule is COc1ccc(OC)c(C(=O)NC2CCCCC2O)c1. The van der Waals surface area contributed by atoms with Gasteiger partial charge in [0.15, 0.2) is 0 Å². The van der Waals surface area contributed by atoms with Crippen molar-refractivity contribution in [3.05, 3.63) is 23.8 Å². The number of nitrogens with one attached hydrogen (secondary N) is 1. The summed E-state index contributed by atoms with van der Waals surface area (Å²) in [5.74, 6) is 0.848. The van der Waals surface area contributed by atoms with Gasteiger partial charge in [0.05, 0.1) is 31.9 Å². The Kier molecular flexibility index (Phi) is 4.84. The maximum absolute atomic E-state index is 12.3. The molecule has 5 heteroatoms. The first-order valence-electron chi connectivity index (χ1n) is 6.86. The molecular formula is C15H21NO4. The molecule has 1 aliphatic carbocycles. The smallest absolute Gasteiger partial charge is 0.255 e. The topological polar surface area (TPSA) is 67.8 Å². The third-order valence-electron chi connectivity index (χ3n) is 3.70. The van der Waals surface area contributed by atoms with Crippen molar-refractivity contribution in [3.8, 4) is 11.5 Å². The number of amides is 1. The van der Waals surface area contributed by atoms with Crippen molar-refractivity contribution < 1.29 is 19.4 Å². The van der Waals surface area contributed by atoms with Gasteiger partial charge in [-0.15, -0.1) is 0 Å². The zero-order valence-electron chi connectivity index (χ0n) is 11.9. The third-order valence-corrected chi connectivity index (χ3v) is 3.70. The molecule has 1 amide bonds. The van der Waals surface area contributed by atoms with E-state index in [9.17, 15) is 9.90 Å². The van der Waals surface area contributed by atoms with Crippen molar-refractivity contribution in [2.24, 2.45) is 0 Å². The van der Waals surface area contributed by atoms with Gasteiger partial charge in [-0.05, 0) is 31.0 Å². The molecule has 0 aliphatic heterocycles. The summed E-state index contributed by atoms with van der Waals surface area (Å²) in [5, 5.41) is 12.8.